The lowest BCUT2D eigenvalue weighted by atomic mass is 9.49. The Hall–Kier alpha value is -2.87. The number of thiophene rings is 1. The van der Waals surface area contributed by atoms with Crippen LogP contribution in [0.1, 0.15) is 64.1 Å². The van der Waals surface area contributed by atoms with Crippen LogP contribution in [-0.4, -0.2) is 32.0 Å². The second kappa shape index (κ2) is 8.73. The highest BCUT2D eigenvalue weighted by molar-refractivity contribution is 7.19. The molecule has 4 aliphatic carbocycles. The fraction of sp³-hybridized carbons (Fsp3) is 0.500. The standard InChI is InChI=1S/C26H30N2O5S/c1-14-20(24(30)33-3)23(34-21(14)22(29)27-18-6-4-5-7-19(18)32-2)28-25(31)26-11-15-8-16(12-26)10-17(9-15)13-26/h4-7,15-17H,8-13H2,1-3H3,(H,27,29)(H,28,31). The number of ether oxygens (including phenoxy) is 2. The van der Waals surface area contributed by atoms with Gasteiger partial charge in [-0.05, 0) is 80.9 Å². The molecule has 0 saturated heterocycles. The van der Waals surface area contributed by atoms with E-state index in [-0.39, 0.29) is 22.8 Å². The molecule has 1 heterocycles. The van der Waals surface area contributed by atoms with E-state index in [0.29, 0.717) is 44.6 Å². The predicted octanol–water partition coefficient (Wildman–Crippen LogP) is 5.26. The van der Waals surface area contributed by atoms with Gasteiger partial charge in [0, 0.05) is 0 Å². The molecule has 0 aliphatic heterocycles. The number of amides is 2. The molecule has 2 N–H and O–H groups in total. The summed E-state index contributed by atoms with van der Waals surface area (Å²) in [5, 5.41) is 6.30. The number of rotatable bonds is 6. The molecule has 4 fully saturated rings. The van der Waals surface area contributed by atoms with Crippen molar-refractivity contribution in [2.75, 3.05) is 24.9 Å². The van der Waals surface area contributed by atoms with Gasteiger partial charge in [-0.25, -0.2) is 4.79 Å². The molecule has 4 bridgehead atoms. The van der Waals surface area contributed by atoms with Crippen LogP contribution in [0.25, 0.3) is 0 Å². The Balaban J connectivity index is 1.43. The van der Waals surface area contributed by atoms with Gasteiger partial charge >= 0.3 is 5.97 Å². The Morgan fingerprint density at radius 3 is 2.18 bits per heavy atom. The first-order valence-electron chi connectivity index (χ1n) is 11.8. The SMILES string of the molecule is COC(=O)c1c(NC(=O)C23CC4CC(CC(C4)C2)C3)sc(C(=O)Nc2ccccc2OC)c1C. The Morgan fingerprint density at radius 1 is 0.971 bits per heavy atom. The van der Waals surface area contributed by atoms with E-state index < -0.39 is 5.97 Å². The van der Waals surface area contributed by atoms with Gasteiger partial charge in [0.15, 0.2) is 0 Å². The predicted molar refractivity (Wildman–Crippen MR) is 131 cm³/mol. The summed E-state index contributed by atoms with van der Waals surface area (Å²) in [4.78, 5) is 39.8. The molecule has 0 unspecified atom stereocenters. The molecular weight excluding hydrogens is 452 g/mol. The zero-order chi connectivity index (χ0) is 24.0. The summed E-state index contributed by atoms with van der Waals surface area (Å²) in [7, 11) is 2.84. The number of carbonyl (C=O) groups is 3. The third kappa shape index (κ3) is 3.87. The monoisotopic (exact) mass is 482 g/mol. The van der Waals surface area contributed by atoms with Crippen molar-refractivity contribution in [2.45, 2.75) is 45.4 Å². The van der Waals surface area contributed by atoms with Gasteiger partial charge in [0.1, 0.15) is 10.8 Å². The van der Waals surface area contributed by atoms with Gasteiger partial charge in [0.2, 0.25) is 5.91 Å². The highest BCUT2D eigenvalue weighted by atomic mass is 32.1. The van der Waals surface area contributed by atoms with Crippen molar-refractivity contribution in [3.05, 3.63) is 40.3 Å². The molecule has 4 aliphatic rings. The molecule has 6 rings (SSSR count). The van der Waals surface area contributed by atoms with Crippen LogP contribution >= 0.6 is 11.3 Å². The number of methoxy groups -OCH3 is 2. The lowest BCUT2D eigenvalue weighted by Crippen LogP contribution is -2.51. The maximum absolute atomic E-state index is 13.6. The van der Waals surface area contributed by atoms with Crippen molar-refractivity contribution in [2.24, 2.45) is 23.2 Å². The average Bonchev–Trinajstić information content (AvgIpc) is 3.13. The maximum Gasteiger partial charge on any atom is 0.341 e. The summed E-state index contributed by atoms with van der Waals surface area (Å²) in [6.45, 7) is 1.71. The smallest absolute Gasteiger partial charge is 0.341 e. The molecule has 34 heavy (non-hydrogen) atoms. The molecule has 7 nitrogen and oxygen atoms in total. The molecule has 1 aromatic heterocycles. The molecule has 0 atom stereocenters. The minimum atomic E-state index is -0.564. The van der Waals surface area contributed by atoms with Crippen molar-refractivity contribution in [3.8, 4) is 5.75 Å². The van der Waals surface area contributed by atoms with Gasteiger partial charge in [0.25, 0.3) is 5.91 Å². The normalized spacial score (nSPS) is 26.7. The van der Waals surface area contributed by atoms with E-state index in [9.17, 15) is 14.4 Å². The molecule has 0 spiro atoms. The maximum atomic E-state index is 13.6. The average molecular weight is 483 g/mol. The lowest BCUT2D eigenvalue weighted by molar-refractivity contribution is -0.140. The summed E-state index contributed by atoms with van der Waals surface area (Å²) in [6.07, 6.45) is 6.49. The van der Waals surface area contributed by atoms with Crippen LogP contribution in [0.15, 0.2) is 24.3 Å². The van der Waals surface area contributed by atoms with E-state index in [0.717, 1.165) is 30.6 Å². The molecule has 0 radical (unpaired) electrons. The van der Waals surface area contributed by atoms with Crippen LogP contribution in [0.3, 0.4) is 0 Å². The largest absolute Gasteiger partial charge is 0.495 e. The first-order chi connectivity index (χ1) is 16.3. The highest BCUT2D eigenvalue weighted by Gasteiger charge is 2.54. The minimum Gasteiger partial charge on any atom is -0.495 e. The second-order valence-corrected chi connectivity index (χ2v) is 11.1. The fourth-order valence-corrected chi connectivity index (χ4v) is 7.80. The number of para-hydroxylation sites is 2. The van der Waals surface area contributed by atoms with Crippen molar-refractivity contribution in [3.63, 3.8) is 0 Å². The van der Waals surface area contributed by atoms with Gasteiger partial charge in [-0.1, -0.05) is 12.1 Å². The number of nitrogens with one attached hydrogen (secondary N) is 2. The van der Waals surface area contributed by atoms with Crippen molar-refractivity contribution in [1.82, 2.24) is 0 Å². The van der Waals surface area contributed by atoms with Gasteiger partial charge in [-0.15, -0.1) is 11.3 Å². The quantitative estimate of drug-likeness (QED) is 0.548. The molecule has 4 saturated carbocycles. The number of hydrogen-bond acceptors (Lipinski definition) is 6. The van der Waals surface area contributed by atoms with Crippen LogP contribution in [0.5, 0.6) is 5.75 Å². The Morgan fingerprint density at radius 2 is 1.59 bits per heavy atom. The number of carbonyl (C=O) groups excluding carboxylic acids is 3. The van der Waals surface area contributed by atoms with E-state index in [2.05, 4.69) is 10.6 Å². The minimum absolute atomic E-state index is 0.0188. The van der Waals surface area contributed by atoms with E-state index in [1.54, 1.807) is 25.1 Å². The Kier molecular flexibility index (Phi) is 5.88. The van der Waals surface area contributed by atoms with E-state index in [4.69, 9.17) is 9.47 Å². The molecular formula is C26H30N2O5S. The lowest BCUT2D eigenvalue weighted by Gasteiger charge is -2.55. The Bertz CT molecular complexity index is 1120. The van der Waals surface area contributed by atoms with Gasteiger partial charge in [-0.2, -0.15) is 0 Å². The van der Waals surface area contributed by atoms with Gasteiger partial charge < -0.3 is 20.1 Å². The second-order valence-electron chi connectivity index (χ2n) is 10.1. The summed E-state index contributed by atoms with van der Waals surface area (Å²) in [5.74, 6) is 1.47. The molecule has 8 heteroatoms. The topological polar surface area (TPSA) is 93.7 Å². The fourth-order valence-electron chi connectivity index (χ4n) is 6.72. The zero-order valence-electron chi connectivity index (χ0n) is 19.7. The van der Waals surface area contributed by atoms with Crippen molar-refractivity contribution in [1.29, 1.82) is 0 Å². The van der Waals surface area contributed by atoms with Crippen LogP contribution in [-0.2, 0) is 9.53 Å². The summed E-state index contributed by atoms with van der Waals surface area (Å²) in [6, 6.07) is 7.12. The van der Waals surface area contributed by atoms with E-state index in [1.165, 1.54) is 33.5 Å². The van der Waals surface area contributed by atoms with Gasteiger partial charge in [-0.3, -0.25) is 9.59 Å². The summed E-state index contributed by atoms with van der Waals surface area (Å²) in [5.41, 5.74) is 0.905. The van der Waals surface area contributed by atoms with Crippen molar-refractivity contribution < 1.29 is 23.9 Å². The van der Waals surface area contributed by atoms with E-state index in [1.807, 2.05) is 6.07 Å². The third-order valence-corrected chi connectivity index (χ3v) is 9.05. The first-order valence-corrected chi connectivity index (χ1v) is 12.6. The van der Waals surface area contributed by atoms with Crippen LogP contribution in [0.2, 0.25) is 0 Å². The van der Waals surface area contributed by atoms with Gasteiger partial charge in [0.05, 0.1) is 35.8 Å². The molecule has 180 valence electrons. The third-order valence-electron chi connectivity index (χ3n) is 7.84. The number of hydrogen-bond donors (Lipinski definition) is 2. The number of esters is 1. The highest BCUT2D eigenvalue weighted by Crippen LogP contribution is 2.60. The van der Waals surface area contributed by atoms with E-state index >= 15 is 0 Å². The first kappa shape index (κ1) is 22.9. The number of anilines is 2. The summed E-state index contributed by atoms with van der Waals surface area (Å²) < 4.78 is 10.3. The van der Waals surface area contributed by atoms with Crippen LogP contribution in [0.4, 0.5) is 10.7 Å². The Labute approximate surface area is 203 Å². The molecule has 2 amide bonds. The zero-order valence-corrected chi connectivity index (χ0v) is 20.6. The van der Waals surface area contributed by atoms with Crippen molar-refractivity contribution >= 4 is 39.8 Å². The van der Waals surface area contributed by atoms with Crippen LogP contribution in [0, 0.1) is 30.1 Å². The molecule has 2 aromatic rings. The molecule has 1 aromatic carbocycles. The summed E-state index contributed by atoms with van der Waals surface area (Å²) >= 11 is 1.12. The van der Waals surface area contributed by atoms with Crippen LogP contribution < -0.4 is 15.4 Å². The number of benzene rings is 1.